The lowest BCUT2D eigenvalue weighted by Crippen LogP contribution is -2.09. The molecule has 0 aliphatic rings. The number of rotatable bonds is 5. The van der Waals surface area contributed by atoms with E-state index in [0.29, 0.717) is 22.1 Å². The van der Waals surface area contributed by atoms with Gasteiger partial charge in [-0.2, -0.15) is 0 Å². The first-order valence-electron chi connectivity index (χ1n) is 6.10. The molecule has 0 amide bonds. The van der Waals surface area contributed by atoms with Gasteiger partial charge in [0.1, 0.15) is 12.4 Å². The van der Waals surface area contributed by atoms with Gasteiger partial charge in [0.2, 0.25) is 0 Å². The molecule has 0 saturated heterocycles. The van der Waals surface area contributed by atoms with E-state index in [9.17, 15) is 8.78 Å². The van der Waals surface area contributed by atoms with Gasteiger partial charge >= 0.3 is 0 Å². The topological polar surface area (TPSA) is 21.3 Å². The minimum atomic E-state index is -0.449. The molecule has 0 radical (unpaired) electrons. The fourth-order valence-corrected chi connectivity index (χ4v) is 2.17. The number of hydrogen-bond donors (Lipinski definition) is 1. The lowest BCUT2D eigenvalue weighted by atomic mass is 10.2. The lowest BCUT2D eigenvalue weighted by Gasteiger charge is -2.12. The summed E-state index contributed by atoms with van der Waals surface area (Å²) in [5.41, 5.74) is 1.08. The Morgan fingerprint density at radius 3 is 2.60 bits per heavy atom. The second-order valence-corrected chi connectivity index (χ2v) is 5.20. The average molecular weight is 342 g/mol. The van der Waals surface area contributed by atoms with Crippen LogP contribution in [0.2, 0.25) is 0 Å². The number of halogens is 3. The normalized spacial score (nSPS) is 10.6. The third kappa shape index (κ3) is 3.55. The maximum atomic E-state index is 13.8. The SMILES string of the molecule is CNCc1cccc(F)c1OCc1ccc(Br)cc1F. The summed E-state index contributed by atoms with van der Waals surface area (Å²) < 4.78 is 33.6. The van der Waals surface area contributed by atoms with Gasteiger partial charge < -0.3 is 10.1 Å². The summed E-state index contributed by atoms with van der Waals surface area (Å²) in [6.45, 7) is 0.465. The van der Waals surface area contributed by atoms with Crippen LogP contribution in [0.5, 0.6) is 5.75 Å². The molecule has 0 atom stereocenters. The van der Waals surface area contributed by atoms with Crippen molar-refractivity contribution < 1.29 is 13.5 Å². The Morgan fingerprint density at radius 2 is 1.90 bits per heavy atom. The van der Waals surface area contributed by atoms with Gasteiger partial charge in [-0.25, -0.2) is 8.78 Å². The monoisotopic (exact) mass is 341 g/mol. The van der Waals surface area contributed by atoms with E-state index in [2.05, 4.69) is 21.2 Å². The van der Waals surface area contributed by atoms with Crippen LogP contribution in [0.1, 0.15) is 11.1 Å². The summed E-state index contributed by atoms with van der Waals surface area (Å²) >= 11 is 3.19. The van der Waals surface area contributed by atoms with Gasteiger partial charge in [0.15, 0.2) is 11.6 Å². The van der Waals surface area contributed by atoms with Crippen molar-refractivity contribution in [3.05, 3.63) is 63.6 Å². The zero-order valence-electron chi connectivity index (χ0n) is 10.9. The quantitative estimate of drug-likeness (QED) is 0.886. The highest BCUT2D eigenvalue weighted by Gasteiger charge is 2.11. The number of para-hydroxylation sites is 1. The maximum absolute atomic E-state index is 13.8. The summed E-state index contributed by atoms with van der Waals surface area (Å²) in [6, 6.07) is 9.40. The highest BCUT2D eigenvalue weighted by Crippen LogP contribution is 2.24. The second kappa shape index (κ2) is 6.81. The van der Waals surface area contributed by atoms with Gasteiger partial charge in [-0.3, -0.25) is 0 Å². The average Bonchev–Trinajstić information content (AvgIpc) is 2.40. The van der Waals surface area contributed by atoms with Crippen LogP contribution < -0.4 is 10.1 Å². The molecule has 2 nitrogen and oxygen atoms in total. The fraction of sp³-hybridized carbons (Fsp3) is 0.200. The van der Waals surface area contributed by atoms with Crippen LogP contribution in [-0.4, -0.2) is 7.05 Å². The van der Waals surface area contributed by atoms with E-state index >= 15 is 0 Å². The summed E-state index contributed by atoms with van der Waals surface area (Å²) in [6.07, 6.45) is 0. The van der Waals surface area contributed by atoms with Gasteiger partial charge in [-0.15, -0.1) is 0 Å². The van der Waals surface area contributed by atoms with Crippen molar-refractivity contribution >= 4 is 15.9 Å². The molecule has 0 aliphatic carbocycles. The fourth-order valence-electron chi connectivity index (χ4n) is 1.83. The molecule has 0 unspecified atom stereocenters. The third-order valence-corrected chi connectivity index (χ3v) is 3.30. The first kappa shape index (κ1) is 14.9. The molecule has 0 bridgehead atoms. The number of hydrogen-bond acceptors (Lipinski definition) is 2. The highest BCUT2D eigenvalue weighted by molar-refractivity contribution is 9.10. The van der Waals surface area contributed by atoms with Crippen molar-refractivity contribution in [2.24, 2.45) is 0 Å². The predicted molar refractivity (Wildman–Crippen MR) is 77.6 cm³/mol. The van der Waals surface area contributed by atoms with E-state index in [4.69, 9.17) is 4.74 Å². The van der Waals surface area contributed by atoms with Crippen molar-refractivity contribution in [2.45, 2.75) is 13.2 Å². The van der Waals surface area contributed by atoms with E-state index in [0.717, 1.165) is 0 Å². The first-order chi connectivity index (χ1) is 9.61. The summed E-state index contributed by atoms with van der Waals surface area (Å²) in [5.74, 6) is -0.676. The lowest BCUT2D eigenvalue weighted by molar-refractivity contribution is 0.281. The zero-order valence-corrected chi connectivity index (χ0v) is 12.5. The third-order valence-electron chi connectivity index (χ3n) is 2.80. The highest BCUT2D eigenvalue weighted by atomic mass is 79.9. The smallest absolute Gasteiger partial charge is 0.165 e. The van der Waals surface area contributed by atoms with Crippen LogP contribution in [0, 0.1) is 11.6 Å². The van der Waals surface area contributed by atoms with E-state index in [1.54, 1.807) is 31.3 Å². The Hall–Kier alpha value is -1.46. The van der Waals surface area contributed by atoms with Crippen LogP contribution in [0.25, 0.3) is 0 Å². The Kier molecular flexibility index (Phi) is 5.09. The molecule has 0 aromatic heterocycles. The van der Waals surface area contributed by atoms with Gasteiger partial charge in [0.25, 0.3) is 0 Å². The molecule has 2 aromatic rings. The summed E-state index contributed by atoms with van der Waals surface area (Å²) in [4.78, 5) is 0. The molecule has 0 spiro atoms. The molecule has 106 valence electrons. The van der Waals surface area contributed by atoms with Crippen molar-refractivity contribution in [3.63, 3.8) is 0 Å². The Morgan fingerprint density at radius 1 is 1.10 bits per heavy atom. The molecule has 2 rings (SSSR count). The molecule has 0 fully saturated rings. The van der Waals surface area contributed by atoms with E-state index in [-0.39, 0.29) is 18.2 Å². The maximum Gasteiger partial charge on any atom is 0.165 e. The number of benzene rings is 2. The van der Waals surface area contributed by atoms with Crippen LogP contribution in [0.3, 0.4) is 0 Å². The Bertz CT molecular complexity index is 604. The summed E-state index contributed by atoms with van der Waals surface area (Å²) in [5, 5.41) is 2.94. The molecule has 0 heterocycles. The van der Waals surface area contributed by atoms with E-state index in [1.165, 1.54) is 12.1 Å². The Balaban J connectivity index is 2.18. The minimum Gasteiger partial charge on any atom is -0.485 e. The molecular formula is C15H14BrF2NO. The van der Waals surface area contributed by atoms with Crippen molar-refractivity contribution in [2.75, 3.05) is 7.05 Å². The number of nitrogens with one attached hydrogen (secondary N) is 1. The van der Waals surface area contributed by atoms with E-state index < -0.39 is 5.82 Å². The van der Waals surface area contributed by atoms with Crippen molar-refractivity contribution in [1.29, 1.82) is 0 Å². The minimum absolute atomic E-state index is 0.0171. The molecule has 20 heavy (non-hydrogen) atoms. The predicted octanol–water partition coefficient (Wildman–Crippen LogP) is 4.03. The second-order valence-electron chi connectivity index (χ2n) is 4.28. The van der Waals surface area contributed by atoms with Crippen molar-refractivity contribution in [3.8, 4) is 5.75 Å². The molecular weight excluding hydrogens is 328 g/mol. The number of ether oxygens (including phenoxy) is 1. The van der Waals surface area contributed by atoms with Crippen LogP contribution >= 0.6 is 15.9 Å². The van der Waals surface area contributed by atoms with E-state index in [1.807, 2.05) is 0 Å². The molecule has 1 N–H and O–H groups in total. The van der Waals surface area contributed by atoms with Gasteiger partial charge in [-0.05, 0) is 25.2 Å². The van der Waals surface area contributed by atoms with Gasteiger partial charge in [-0.1, -0.05) is 34.1 Å². The van der Waals surface area contributed by atoms with Crippen LogP contribution in [0.4, 0.5) is 8.78 Å². The van der Waals surface area contributed by atoms with Crippen LogP contribution in [-0.2, 0) is 13.2 Å². The van der Waals surface area contributed by atoms with Crippen molar-refractivity contribution in [1.82, 2.24) is 5.32 Å². The molecule has 2 aromatic carbocycles. The van der Waals surface area contributed by atoms with Crippen LogP contribution in [0.15, 0.2) is 40.9 Å². The zero-order chi connectivity index (χ0) is 14.5. The largest absolute Gasteiger partial charge is 0.485 e. The molecule has 0 saturated carbocycles. The first-order valence-corrected chi connectivity index (χ1v) is 6.90. The van der Waals surface area contributed by atoms with Gasteiger partial charge in [0.05, 0.1) is 0 Å². The Labute approximate surface area is 124 Å². The standard InChI is InChI=1S/C15H14BrF2NO/c1-19-8-10-3-2-4-13(17)15(10)20-9-11-5-6-12(16)7-14(11)18/h2-7,19H,8-9H2,1H3. The molecule has 5 heteroatoms. The molecule has 0 aliphatic heterocycles. The van der Waals surface area contributed by atoms with Gasteiger partial charge in [0, 0.05) is 22.1 Å². The summed E-state index contributed by atoms with van der Waals surface area (Å²) in [7, 11) is 1.77.